The first-order valence-electron chi connectivity index (χ1n) is 44.7. The molecule has 0 saturated carbocycles. The summed E-state index contributed by atoms with van der Waals surface area (Å²) in [5, 5.41) is 84.0. The highest BCUT2D eigenvalue weighted by Crippen LogP contribution is 2.49. The van der Waals surface area contributed by atoms with Crippen LogP contribution in [0.25, 0.3) is 0 Å². The molecule has 4 saturated heterocycles. The Morgan fingerprint density at radius 3 is 2.01 bits per heavy atom. The van der Waals surface area contributed by atoms with Crippen molar-refractivity contribution in [1.29, 1.82) is 0 Å². The standard InChI is InChI=1S/C88H138IN13O27S3/c1-16-102(45-62(106)94-39-26-36-92-34-23-24-35-93-37-27-40-95-80(110)55(29-25-38-96-86(91)114)98-82(112)68(47(2)3)99-81(111)56(97-53(10)103)28-20-22-33-90)57-46-122-63(43-61(57)117-11)127-77-72(108)69(50(7)124-85(77)126-60-30-19-17-18-21-32-88(116)44-59(105)70(100-87(115)121-15)66(60)54(88)31-41-130-132-48(4)5)101-129-64-42-58(104)79(52(9)123-64)131-83(113)65-49(6)67(89)75(78(120-14)74(65)118-12)128-84-73(109)76(119-13)71(107)51(8)125-84/h17-18,31,47-48,50-52,55-58,60-61,63-64,68-69,71-73,76-77,79,84-85,92-93,101,104,107-109,116H,16,20,22-29,33-46,90H2,1-15H3,(H,94,106)(H,95,110)(H,97,103)(H,98,112)(H,99,111)(H,100,115)(H3,91,96,114)/b18-17?,54-31+/t50-,51+,52-,55+,56+,57+,58+,60+,61+,63+,64+,68+,69-,71+,72+,73-,76-,77-,79-,84+,85+,88+/m1/s1. The molecule has 44 heteroatoms. The molecule has 6 aliphatic rings. The third-order valence-corrected chi connectivity index (χ3v) is 28.2. The molecule has 742 valence electrons. The van der Waals surface area contributed by atoms with Crippen molar-refractivity contribution >= 4 is 108 Å². The van der Waals surface area contributed by atoms with Crippen LogP contribution in [0.4, 0.5) is 9.59 Å². The molecule has 8 amide bonds. The van der Waals surface area contributed by atoms with E-state index < -0.39 is 186 Å². The Balaban J connectivity index is 0.961. The van der Waals surface area contributed by atoms with Gasteiger partial charge in [-0.25, -0.2) is 9.59 Å². The summed E-state index contributed by atoms with van der Waals surface area (Å²) in [6.07, 6.45) is -10.5. The number of aliphatic hydroxyl groups excluding tert-OH is 4. The van der Waals surface area contributed by atoms with Crippen molar-refractivity contribution in [2.45, 2.75) is 285 Å². The number of hydrogen-bond donors (Lipinski definition) is 17. The number of carbonyl (C=O) groups is 9. The van der Waals surface area contributed by atoms with Gasteiger partial charge in [-0.2, -0.15) is 5.48 Å². The number of methoxy groups -OCH3 is 5. The van der Waals surface area contributed by atoms with Crippen molar-refractivity contribution in [1.82, 2.24) is 58.2 Å². The number of nitrogens with two attached hydrogens (primary N) is 2. The number of unbranched alkanes of at least 4 members (excludes halogenated alkanes) is 2. The Labute approximate surface area is 798 Å². The van der Waals surface area contributed by atoms with E-state index >= 15 is 0 Å². The molecule has 7 rings (SSSR count). The zero-order valence-electron chi connectivity index (χ0n) is 77.9. The predicted molar refractivity (Wildman–Crippen MR) is 501 cm³/mol. The van der Waals surface area contributed by atoms with Crippen LogP contribution in [0.5, 0.6) is 17.2 Å². The van der Waals surface area contributed by atoms with Crippen LogP contribution in [0.3, 0.4) is 0 Å². The van der Waals surface area contributed by atoms with Gasteiger partial charge in [0.2, 0.25) is 46.7 Å². The van der Waals surface area contributed by atoms with Crippen LogP contribution in [0, 0.1) is 40.1 Å². The smallest absolute Gasteiger partial charge is 0.411 e. The van der Waals surface area contributed by atoms with Crippen LogP contribution in [-0.2, 0) is 76.2 Å². The van der Waals surface area contributed by atoms with Crippen LogP contribution in [0.15, 0.2) is 35.1 Å². The number of Topliss-reactive ketones (excluding diaryl/α,β-unsaturated/α-hetero) is 1. The maximum absolute atomic E-state index is 14.7. The Hall–Kier alpha value is -6.79. The van der Waals surface area contributed by atoms with Gasteiger partial charge in [0.25, 0.3) is 0 Å². The Morgan fingerprint density at radius 1 is 0.720 bits per heavy atom. The second-order valence-electron chi connectivity index (χ2n) is 33.3. The van der Waals surface area contributed by atoms with Crippen molar-refractivity contribution in [2.24, 2.45) is 17.4 Å². The number of thioether (sulfide) groups is 1. The molecule has 22 atom stereocenters. The molecule has 40 nitrogen and oxygen atoms in total. The highest BCUT2D eigenvalue weighted by molar-refractivity contribution is 14.1. The van der Waals surface area contributed by atoms with E-state index in [2.05, 4.69) is 77.0 Å². The van der Waals surface area contributed by atoms with E-state index in [1.54, 1.807) is 58.4 Å². The SMILES string of the molecule is CCN(CC(=O)NCCCNCCCCNCCCNC(=O)[C@H](CCCNC(N)=O)NC(=O)[C@@H](NC(=O)[C@H](CCCCN)NC(C)=O)C(C)C)[C@H]1CO[C@@H](O[C@H]2[C@H](O[C@H]3C#CC=CC#C[C@]4(O)CC(=O)C(NC(=O)OC)=C3/C4=C\CSSC(C)C)O[C@H](C)[C@@H](NO[C@H]3C[C@H](O)[C@H](SC(=O)c4c(C)c(I)c(O[C@@H]5O[C@@H](C)[C@H](O)[C@@H](OC)[C@H]5O)c(OC)c4OC)[C@@H](C)O3)[C@@H]2O)C[C@@H]1OC. The minimum Gasteiger partial charge on any atom is -0.492 e. The summed E-state index contributed by atoms with van der Waals surface area (Å²) in [5.74, 6) is 8.68. The quantitative estimate of drug-likeness (QED) is 0.0145. The van der Waals surface area contributed by atoms with E-state index in [0.717, 1.165) is 44.8 Å². The minimum absolute atomic E-state index is 0.00342. The predicted octanol–water partition coefficient (Wildman–Crippen LogP) is 1.72. The van der Waals surface area contributed by atoms with E-state index in [9.17, 15) is 68.7 Å². The number of hydroxylamine groups is 1. The first-order chi connectivity index (χ1) is 63.0. The summed E-state index contributed by atoms with van der Waals surface area (Å²) in [6, 6.07) is -5.29. The number of ether oxygens (including phenoxy) is 12. The van der Waals surface area contributed by atoms with Gasteiger partial charge in [-0.15, -0.1) is 0 Å². The molecule has 19 N–H and O–H groups in total. The van der Waals surface area contributed by atoms with E-state index in [4.69, 9.17) is 73.1 Å². The molecule has 0 aromatic heterocycles. The number of carbonyl (C=O) groups excluding carboxylic acids is 9. The average molecular weight is 2030 g/mol. The summed E-state index contributed by atoms with van der Waals surface area (Å²) < 4.78 is 74.0. The van der Waals surface area contributed by atoms with Crippen molar-refractivity contribution < 1.29 is 130 Å². The third kappa shape index (κ3) is 33.0. The largest absolute Gasteiger partial charge is 0.492 e. The third-order valence-electron chi connectivity index (χ3n) is 22.8. The average Bonchev–Trinajstić information content (AvgIpc) is 0.747. The molecule has 0 spiro atoms. The lowest BCUT2D eigenvalue weighted by Gasteiger charge is -2.47. The van der Waals surface area contributed by atoms with Gasteiger partial charge in [-0.05, 0) is 171 Å². The fourth-order valence-corrected chi connectivity index (χ4v) is 19.4. The summed E-state index contributed by atoms with van der Waals surface area (Å²) in [6.45, 7) is 21.7. The summed E-state index contributed by atoms with van der Waals surface area (Å²) in [7, 11) is 9.73. The Morgan fingerprint density at radius 2 is 1.38 bits per heavy atom. The number of primary amides is 1. The van der Waals surface area contributed by atoms with Crippen LogP contribution in [-0.4, -0.2) is 335 Å². The molecule has 0 unspecified atom stereocenters. The summed E-state index contributed by atoms with van der Waals surface area (Å²) in [5.41, 5.74) is 11.9. The Kier molecular flexibility index (Phi) is 48.3. The van der Waals surface area contributed by atoms with E-state index in [0.29, 0.717) is 86.9 Å². The fraction of sp³-hybridized carbons (Fsp3) is 0.716. The summed E-state index contributed by atoms with van der Waals surface area (Å²) in [4.78, 5) is 128. The van der Waals surface area contributed by atoms with Crippen LogP contribution in [0.1, 0.15) is 155 Å². The van der Waals surface area contributed by atoms with Gasteiger partial charge >= 0.3 is 12.1 Å². The maximum atomic E-state index is 14.7. The lowest BCUT2D eigenvalue weighted by molar-refractivity contribution is -0.337. The lowest BCUT2D eigenvalue weighted by atomic mass is 9.75. The monoisotopic (exact) mass is 2030 g/mol. The molecule has 132 heavy (non-hydrogen) atoms. The maximum Gasteiger partial charge on any atom is 0.411 e. The number of rotatable bonds is 52. The normalized spacial score (nSPS) is 27.5. The van der Waals surface area contributed by atoms with E-state index in [1.165, 1.54) is 58.3 Å². The number of hydrogen-bond acceptors (Lipinski definition) is 35. The number of allylic oxidation sites excluding steroid dienone is 3. The molecule has 1 aromatic rings. The zero-order chi connectivity index (χ0) is 97.1. The second-order valence-corrected chi connectivity index (χ2v) is 38.5. The Bertz CT molecular complexity index is 4190. The van der Waals surface area contributed by atoms with Gasteiger partial charge in [0.1, 0.15) is 54.7 Å². The number of urea groups is 1. The van der Waals surface area contributed by atoms with E-state index in [-0.39, 0.29) is 101 Å². The molecule has 2 aliphatic carbocycles. The highest BCUT2D eigenvalue weighted by atomic mass is 127. The van der Waals surface area contributed by atoms with Gasteiger partial charge in [0, 0.05) is 75.8 Å². The summed E-state index contributed by atoms with van der Waals surface area (Å²) >= 11 is 2.79. The van der Waals surface area contributed by atoms with Crippen molar-refractivity contribution in [3.05, 3.63) is 49.8 Å². The number of nitrogens with one attached hydrogen (secondary N) is 10. The van der Waals surface area contributed by atoms with Crippen molar-refractivity contribution in [2.75, 3.05) is 113 Å². The molecule has 1 aromatic carbocycles. The molecule has 2 bridgehead atoms. The van der Waals surface area contributed by atoms with Crippen molar-refractivity contribution in [3.8, 4) is 40.9 Å². The highest BCUT2D eigenvalue weighted by Gasteiger charge is 2.53. The van der Waals surface area contributed by atoms with Gasteiger partial charge in [-0.3, -0.25) is 48.6 Å². The molecule has 4 fully saturated rings. The molecule has 0 radical (unpaired) electrons. The first-order valence-corrected chi connectivity index (χ1v) is 49.1. The van der Waals surface area contributed by atoms with Crippen molar-refractivity contribution in [3.63, 3.8) is 0 Å². The number of likely N-dealkylation sites (N-methyl/N-ethyl adjacent to an activating group) is 1. The molecular formula is C88H138IN13O27S3. The number of nitrogens with zero attached hydrogens (tertiary/aromatic N) is 1. The number of fused-ring (bicyclic) bond motifs is 2. The molecule has 4 aliphatic heterocycles. The van der Waals surface area contributed by atoms with Crippen LogP contribution < -0.4 is 79.0 Å². The number of ketones is 1. The molecule has 4 heterocycles. The van der Waals surface area contributed by atoms with E-state index in [1.807, 2.05) is 48.3 Å². The number of benzene rings is 1. The minimum atomic E-state index is -2.13. The number of aliphatic hydroxyl groups is 5. The van der Waals surface area contributed by atoms with Gasteiger partial charge in [0.05, 0.1) is 104 Å². The van der Waals surface area contributed by atoms with Gasteiger partial charge < -0.3 is 136 Å². The molecular weight excluding hydrogens is 1890 g/mol. The number of halogens is 1. The fourth-order valence-electron chi connectivity index (χ4n) is 15.8. The number of alkyl carbamates (subject to hydrolysis) is 1. The van der Waals surface area contributed by atoms with Crippen LogP contribution in [0.2, 0.25) is 0 Å². The lowest BCUT2D eigenvalue weighted by Crippen LogP contribution is -2.65. The first kappa shape index (κ1) is 112. The second kappa shape index (κ2) is 56.8. The number of amides is 8. The van der Waals surface area contributed by atoms with Gasteiger partial charge in [-0.1, -0.05) is 97.7 Å². The van der Waals surface area contributed by atoms with Crippen LogP contribution >= 0.6 is 55.9 Å². The van der Waals surface area contributed by atoms with Gasteiger partial charge in [0.15, 0.2) is 41.8 Å². The zero-order valence-corrected chi connectivity index (χ0v) is 82.5. The topological polar surface area (TPSA) is 550 Å².